The molecule has 2 aromatic carbocycles. The Morgan fingerprint density at radius 2 is 1.80 bits per heavy atom. The van der Waals surface area contributed by atoms with Gasteiger partial charge in [0.1, 0.15) is 35.6 Å². The summed E-state index contributed by atoms with van der Waals surface area (Å²) in [4.78, 5) is 11.1. The number of hydrogen-bond donors (Lipinski definition) is 1. The van der Waals surface area contributed by atoms with Crippen molar-refractivity contribution in [2.75, 3.05) is 7.11 Å². The van der Waals surface area contributed by atoms with Crippen LogP contribution in [0.2, 0.25) is 0 Å². The Balaban J connectivity index is 1.54. The average Bonchev–Trinajstić information content (AvgIpc) is 3.23. The Hall–Kier alpha value is -3.81. The smallest absolute Gasteiger partial charge is 0.212 e. The molecule has 0 aliphatic heterocycles. The van der Waals surface area contributed by atoms with Crippen LogP contribution >= 0.6 is 0 Å². The van der Waals surface area contributed by atoms with Crippen molar-refractivity contribution in [2.45, 2.75) is 6.61 Å². The first-order valence-corrected chi connectivity index (χ1v) is 8.95. The van der Waals surface area contributed by atoms with Crippen LogP contribution < -0.4 is 9.47 Å². The van der Waals surface area contributed by atoms with Crippen LogP contribution in [0, 0.1) is 17.6 Å². The molecule has 0 fully saturated rings. The summed E-state index contributed by atoms with van der Waals surface area (Å²) in [7, 11) is 1.52. The number of benzene rings is 2. The molecule has 0 unspecified atom stereocenters. The van der Waals surface area contributed by atoms with Crippen LogP contribution in [0.3, 0.4) is 0 Å². The molecule has 0 spiro atoms. The van der Waals surface area contributed by atoms with Gasteiger partial charge in [0.15, 0.2) is 0 Å². The number of halogens is 3. The molecule has 5 nitrogen and oxygen atoms in total. The van der Waals surface area contributed by atoms with E-state index >= 15 is 0 Å². The van der Waals surface area contributed by atoms with Crippen LogP contribution in [-0.4, -0.2) is 22.1 Å². The summed E-state index contributed by atoms with van der Waals surface area (Å²) in [6, 6.07) is 11.3. The summed E-state index contributed by atoms with van der Waals surface area (Å²) < 4.78 is 50.9. The largest absolute Gasteiger partial charge is 0.496 e. The number of H-pyrrole nitrogens is 1. The van der Waals surface area contributed by atoms with Gasteiger partial charge in [-0.1, -0.05) is 0 Å². The van der Waals surface area contributed by atoms with Crippen molar-refractivity contribution in [3.05, 3.63) is 84.1 Å². The van der Waals surface area contributed by atoms with Gasteiger partial charge >= 0.3 is 0 Å². The Kier molecular flexibility index (Phi) is 5.38. The van der Waals surface area contributed by atoms with Crippen LogP contribution in [0.25, 0.3) is 22.6 Å². The van der Waals surface area contributed by atoms with E-state index in [-0.39, 0.29) is 12.2 Å². The highest BCUT2D eigenvalue weighted by molar-refractivity contribution is 5.70. The third kappa shape index (κ3) is 4.12. The SMILES string of the molecule is COc1cc(OCc2ccc(F)cc2F)ccc1-c1cnc(-c2ccc(F)nc2)[nH]1. The predicted molar refractivity (Wildman–Crippen MR) is 104 cm³/mol. The number of hydrogen-bond acceptors (Lipinski definition) is 4. The maximum Gasteiger partial charge on any atom is 0.212 e. The van der Waals surface area contributed by atoms with Crippen molar-refractivity contribution in [1.29, 1.82) is 0 Å². The van der Waals surface area contributed by atoms with E-state index in [2.05, 4.69) is 15.0 Å². The van der Waals surface area contributed by atoms with Crippen LogP contribution in [0.5, 0.6) is 11.5 Å². The van der Waals surface area contributed by atoms with Gasteiger partial charge in [-0.3, -0.25) is 0 Å². The molecule has 0 aliphatic carbocycles. The summed E-state index contributed by atoms with van der Waals surface area (Å²) in [5.41, 5.74) is 2.29. The maximum absolute atomic E-state index is 13.8. The monoisotopic (exact) mass is 411 g/mol. The molecule has 30 heavy (non-hydrogen) atoms. The van der Waals surface area contributed by atoms with Gasteiger partial charge in [0.2, 0.25) is 5.95 Å². The van der Waals surface area contributed by atoms with Gasteiger partial charge in [0.05, 0.1) is 19.0 Å². The van der Waals surface area contributed by atoms with Crippen molar-refractivity contribution >= 4 is 0 Å². The molecule has 0 saturated heterocycles. The fourth-order valence-corrected chi connectivity index (χ4v) is 2.90. The third-order valence-corrected chi connectivity index (χ3v) is 4.45. The highest BCUT2D eigenvalue weighted by Crippen LogP contribution is 2.33. The topological polar surface area (TPSA) is 60.0 Å². The number of ether oxygens (including phenoxy) is 2. The van der Waals surface area contributed by atoms with E-state index in [1.807, 2.05) is 0 Å². The molecule has 0 radical (unpaired) electrons. The Morgan fingerprint density at radius 1 is 0.933 bits per heavy atom. The van der Waals surface area contributed by atoms with Gasteiger partial charge in [0, 0.05) is 35.0 Å². The number of nitrogens with one attached hydrogen (secondary N) is 1. The van der Waals surface area contributed by atoms with Crippen LogP contribution in [-0.2, 0) is 6.61 Å². The molecular formula is C22H16F3N3O2. The van der Waals surface area contributed by atoms with Gasteiger partial charge in [-0.05, 0) is 36.4 Å². The third-order valence-electron chi connectivity index (χ3n) is 4.45. The fraction of sp³-hybridized carbons (Fsp3) is 0.0909. The van der Waals surface area contributed by atoms with Gasteiger partial charge in [0.25, 0.3) is 0 Å². The van der Waals surface area contributed by atoms with E-state index in [0.29, 0.717) is 28.6 Å². The number of imidazole rings is 1. The lowest BCUT2D eigenvalue weighted by molar-refractivity contribution is 0.297. The quantitative estimate of drug-likeness (QED) is 0.446. The zero-order valence-electron chi connectivity index (χ0n) is 15.8. The average molecular weight is 411 g/mol. The molecule has 1 N–H and O–H groups in total. The lowest BCUT2D eigenvalue weighted by Crippen LogP contribution is -1.99. The number of nitrogens with zero attached hydrogens (tertiary/aromatic N) is 2. The summed E-state index contributed by atoms with van der Waals surface area (Å²) in [6.07, 6.45) is 3.02. The number of aromatic amines is 1. The van der Waals surface area contributed by atoms with E-state index in [1.165, 1.54) is 31.5 Å². The first kappa shape index (κ1) is 19.5. The Labute approximate surface area is 170 Å². The standard InChI is InChI=1S/C22H16F3N3O2/c1-29-20-9-16(30-12-14-2-4-15(23)8-18(14)24)5-6-17(20)19-11-27-22(28-19)13-3-7-21(25)26-10-13/h2-11H,12H2,1H3,(H,27,28). The zero-order chi connectivity index (χ0) is 21.1. The van der Waals surface area contributed by atoms with Gasteiger partial charge < -0.3 is 14.5 Å². The molecule has 0 saturated carbocycles. The van der Waals surface area contributed by atoms with E-state index in [0.717, 1.165) is 11.6 Å². The van der Waals surface area contributed by atoms with Crippen LogP contribution in [0.15, 0.2) is 60.9 Å². The predicted octanol–water partition coefficient (Wildman–Crippen LogP) is 5.14. The first-order valence-electron chi connectivity index (χ1n) is 8.95. The van der Waals surface area contributed by atoms with Crippen molar-refractivity contribution in [1.82, 2.24) is 15.0 Å². The van der Waals surface area contributed by atoms with E-state index in [9.17, 15) is 13.2 Å². The van der Waals surface area contributed by atoms with Gasteiger partial charge in [-0.25, -0.2) is 18.7 Å². The molecule has 8 heteroatoms. The molecule has 0 atom stereocenters. The molecule has 152 valence electrons. The van der Waals surface area contributed by atoms with Gasteiger partial charge in [-0.15, -0.1) is 0 Å². The number of pyridine rings is 1. The zero-order valence-corrected chi connectivity index (χ0v) is 15.8. The second kappa shape index (κ2) is 8.28. The van der Waals surface area contributed by atoms with Crippen molar-refractivity contribution in [2.24, 2.45) is 0 Å². The molecule has 0 aliphatic rings. The summed E-state index contributed by atoms with van der Waals surface area (Å²) in [5.74, 6) is -0.368. The van der Waals surface area contributed by atoms with Crippen molar-refractivity contribution < 1.29 is 22.6 Å². The maximum atomic E-state index is 13.8. The highest BCUT2D eigenvalue weighted by atomic mass is 19.1. The molecule has 4 rings (SSSR count). The minimum Gasteiger partial charge on any atom is -0.496 e. The van der Waals surface area contributed by atoms with Crippen LogP contribution in [0.4, 0.5) is 13.2 Å². The molecule has 0 bridgehead atoms. The summed E-state index contributed by atoms with van der Waals surface area (Å²) >= 11 is 0. The molecule has 0 amide bonds. The Bertz CT molecular complexity index is 1180. The van der Waals surface area contributed by atoms with E-state index in [4.69, 9.17) is 9.47 Å². The normalized spacial score (nSPS) is 10.8. The van der Waals surface area contributed by atoms with Crippen molar-refractivity contribution in [3.63, 3.8) is 0 Å². The summed E-state index contributed by atoms with van der Waals surface area (Å²) in [5, 5.41) is 0. The highest BCUT2D eigenvalue weighted by Gasteiger charge is 2.13. The minimum absolute atomic E-state index is 0.0552. The molecule has 2 aromatic heterocycles. The fourth-order valence-electron chi connectivity index (χ4n) is 2.90. The lowest BCUT2D eigenvalue weighted by Gasteiger charge is -2.11. The van der Waals surface area contributed by atoms with E-state index < -0.39 is 17.6 Å². The second-order valence-corrected chi connectivity index (χ2v) is 6.40. The molecular weight excluding hydrogens is 395 g/mol. The van der Waals surface area contributed by atoms with Crippen molar-refractivity contribution in [3.8, 4) is 34.1 Å². The lowest BCUT2D eigenvalue weighted by atomic mass is 10.1. The molecule has 4 aromatic rings. The number of methoxy groups -OCH3 is 1. The molecule has 2 heterocycles. The Morgan fingerprint density at radius 3 is 2.53 bits per heavy atom. The van der Waals surface area contributed by atoms with Crippen LogP contribution in [0.1, 0.15) is 5.56 Å². The number of aromatic nitrogens is 3. The second-order valence-electron chi connectivity index (χ2n) is 6.40. The van der Waals surface area contributed by atoms with Gasteiger partial charge in [-0.2, -0.15) is 4.39 Å². The first-order chi connectivity index (χ1) is 14.5. The summed E-state index contributed by atoms with van der Waals surface area (Å²) in [6.45, 7) is -0.0552. The van der Waals surface area contributed by atoms with E-state index in [1.54, 1.807) is 30.5 Å². The minimum atomic E-state index is -0.668. The number of rotatable bonds is 6.